The molecule has 0 spiro atoms. The number of hydrogen-bond acceptors (Lipinski definition) is 0. The van der Waals surface area contributed by atoms with Crippen molar-refractivity contribution in [1.29, 1.82) is 0 Å². The average Bonchev–Trinajstić information content (AvgIpc) is 3.78. The smallest absolute Gasteiger partial charge is 0.0623 e. The highest BCUT2D eigenvalue weighted by molar-refractivity contribution is 7.04. The van der Waals surface area contributed by atoms with Gasteiger partial charge in [0, 0.05) is 10.8 Å². The first kappa shape index (κ1) is 36.8. The number of hydrogen-bond donors (Lipinski definition) is 0. The lowest BCUT2D eigenvalue weighted by atomic mass is 9.79. The predicted octanol–water partition coefficient (Wildman–Crippen LogP) is 15.6. The standard InChI is InChI=1S/C62H48Si/c1-61(2)53-20-12-9-17-43(53)45-28-26-41(33-55(45)61)59-48-30-25-40(39-24-23-37-15-7-8-16-38(37)31-39)32-50(48)60(42-27-29-46-44-18-10-13-21-54(44)62(3,4)56(46)34-42)52-36-58-49(35-51(52)59)47-19-11-14-22-57(47)63(58,5)6/h7-36H,1-6H3. The van der Waals surface area contributed by atoms with Crippen LogP contribution in [0.5, 0.6) is 0 Å². The molecule has 0 nitrogen and oxygen atoms in total. The number of rotatable bonds is 3. The van der Waals surface area contributed by atoms with Crippen LogP contribution in [0, 0.1) is 0 Å². The van der Waals surface area contributed by atoms with Gasteiger partial charge in [0.2, 0.25) is 0 Å². The Kier molecular flexibility index (Phi) is 7.39. The molecule has 0 bridgehead atoms. The number of fused-ring (bicyclic) bond motifs is 12. The van der Waals surface area contributed by atoms with Crippen molar-refractivity contribution in [2.75, 3.05) is 0 Å². The molecule has 1 heteroatoms. The average molecular weight is 821 g/mol. The quantitative estimate of drug-likeness (QED) is 0.123. The highest BCUT2D eigenvalue weighted by atomic mass is 28.3. The van der Waals surface area contributed by atoms with E-state index in [0.29, 0.717) is 0 Å². The van der Waals surface area contributed by atoms with Gasteiger partial charge in [0.15, 0.2) is 0 Å². The molecule has 0 N–H and O–H groups in total. The summed E-state index contributed by atoms with van der Waals surface area (Å²) in [6, 6.07) is 70.3. The molecule has 0 unspecified atom stereocenters. The van der Waals surface area contributed by atoms with E-state index in [-0.39, 0.29) is 10.8 Å². The van der Waals surface area contributed by atoms with Crippen LogP contribution in [-0.4, -0.2) is 8.07 Å². The molecule has 63 heavy (non-hydrogen) atoms. The third-order valence-corrected chi connectivity index (χ3v) is 19.2. The molecule has 10 aromatic rings. The van der Waals surface area contributed by atoms with Crippen LogP contribution in [-0.2, 0) is 10.8 Å². The van der Waals surface area contributed by atoms with Gasteiger partial charge in [-0.15, -0.1) is 0 Å². The number of benzene rings is 10. The summed E-state index contributed by atoms with van der Waals surface area (Å²) in [7, 11) is -2.03. The second-order valence-corrected chi connectivity index (χ2v) is 24.4. The van der Waals surface area contributed by atoms with Gasteiger partial charge in [-0.25, -0.2) is 0 Å². The van der Waals surface area contributed by atoms with Gasteiger partial charge in [-0.1, -0.05) is 192 Å². The van der Waals surface area contributed by atoms with Gasteiger partial charge in [-0.2, -0.15) is 0 Å². The fourth-order valence-corrected chi connectivity index (χ4v) is 15.4. The normalized spacial score (nSPS) is 15.5. The molecule has 0 saturated carbocycles. The molecule has 0 fully saturated rings. The van der Waals surface area contributed by atoms with E-state index in [0.717, 1.165) is 0 Å². The van der Waals surface area contributed by atoms with E-state index in [9.17, 15) is 0 Å². The van der Waals surface area contributed by atoms with Crippen molar-refractivity contribution in [3.63, 3.8) is 0 Å². The van der Waals surface area contributed by atoms with E-state index in [2.05, 4.69) is 223 Å². The lowest BCUT2D eigenvalue weighted by Gasteiger charge is -2.25. The Morgan fingerprint density at radius 1 is 0.302 bits per heavy atom. The van der Waals surface area contributed by atoms with Gasteiger partial charge in [0.25, 0.3) is 0 Å². The van der Waals surface area contributed by atoms with E-state index < -0.39 is 8.07 Å². The summed E-state index contributed by atoms with van der Waals surface area (Å²) >= 11 is 0. The minimum atomic E-state index is -2.03. The van der Waals surface area contributed by atoms with Crippen LogP contribution in [0.3, 0.4) is 0 Å². The summed E-state index contributed by atoms with van der Waals surface area (Å²) in [5.74, 6) is 0. The highest BCUT2D eigenvalue weighted by Crippen LogP contribution is 2.54. The van der Waals surface area contributed by atoms with E-state index in [1.807, 2.05) is 0 Å². The predicted molar refractivity (Wildman–Crippen MR) is 273 cm³/mol. The first-order chi connectivity index (χ1) is 30.5. The monoisotopic (exact) mass is 820 g/mol. The van der Waals surface area contributed by atoms with Gasteiger partial charge < -0.3 is 0 Å². The minimum Gasteiger partial charge on any atom is -0.0623 e. The molecule has 2 aliphatic carbocycles. The Bertz CT molecular complexity index is 3650. The van der Waals surface area contributed by atoms with E-state index >= 15 is 0 Å². The lowest BCUT2D eigenvalue weighted by Crippen LogP contribution is -2.49. The lowest BCUT2D eigenvalue weighted by molar-refractivity contribution is 0.660. The van der Waals surface area contributed by atoms with Crippen molar-refractivity contribution in [3.05, 3.63) is 204 Å². The van der Waals surface area contributed by atoms with Crippen molar-refractivity contribution in [3.8, 4) is 66.8 Å². The van der Waals surface area contributed by atoms with Crippen LogP contribution in [0.2, 0.25) is 13.1 Å². The zero-order chi connectivity index (χ0) is 42.6. The first-order valence-electron chi connectivity index (χ1n) is 22.7. The SMILES string of the molecule is CC1(C)c2ccccc2-c2ccc(-c3c4ccc(-c5ccc6ccccc6c5)cc4c(-c4ccc5c(c4)C(C)(C)c4ccccc4-5)c4cc5c(cc34)-c3ccccc3[Si]5(C)C)cc21. The topological polar surface area (TPSA) is 0 Å². The first-order valence-corrected chi connectivity index (χ1v) is 25.7. The Morgan fingerprint density at radius 3 is 1.44 bits per heavy atom. The largest absolute Gasteiger partial charge is 0.113 e. The molecule has 300 valence electrons. The molecule has 1 heterocycles. The van der Waals surface area contributed by atoms with E-state index in [1.54, 1.807) is 0 Å². The zero-order valence-corrected chi connectivity index (χ0v) is 37.8. The van der Waals surface area contributed by atoms with Crippen LogP contribution in [0.1, 0.15) is 49.9 Å². The second-order valence-electron chi connectivity index (χ2n) is 20.0. The Labute approximate surface area is 371 Å². The maximum Gasteiger partial charge on any atom is 0.113 e. The fourth-order valence-electron chi connectivity index (χ4n) is 12.3. The fraction of sp³-hybridized carbons (Fsp3) is 0.129. The van der Waals surface area contributed by atoms with Crippen molar-refractivity contribution in [2.45, 2.75) is 51.6 Å². The summed E-state index contributed by atoms with van der Waals surface area (Å²) in [6.45, 7) is 14.7. The second kappa shape index (κ2) is 12.7. The summed E-state index contributed by atoms with van der Waals surface area (Å²) in [5, 5.41) is 10.9. The molecule has 0 aromatic heterocycles. The molecular weight excluding hydrogens is 773 g/mol. The highest BCUT2D eigenvalue weighted by Gasteiger charge is 2.40. The molecule has 3 aliphatic rings. The van der Waals surface area contributed by atoms with Crippen molar-refractivity contribution < 1.29 is 0 Å². The van der Waals surface area contributed by atoms with Gasteiger partial charge in [-0.05, 0) is 162 Å². The molecule has 0 saturated heterocycles. The van der Waals surface area contributed by atoms with E-state index in [4.69, 9.17) is 0 Å². The van der Waals surface area contributed by atoms with Gasteiger partial charge in [0.1, 0.15) is 8.07 Å². The Balaban J connectivity index is 1.17. The summed E-state index contributed by atoms with van der Waals surface area (Å²) < 4.78 is 0. The molecule has 1 aliphatic heterocycles. The van der Waals surface area contributed by atoms with Crippen LogP contribution >= 0.6 is 0 Å². The summed E-state index contributed by atoms with van der Waals surface area (Å²) in [6.07, 6.45) is 0. The molecule has 0 radical (unpaired) electrons. The zero-order valence-electron chi connectivity index (χ0n) is 36.8. The summed E-state index contributed by atoms with van der Waals surface area (Å²) in [5.41, 5.74) is 21.3. The maximum absolute atomic E-state index is 2.65. The van der Waals surface area contributed by atoms with Crippen molar-refractivity contribution in [1.82, 2.24) is 0 Å². The van der Waals surface area contributed by atoms with Crippen LogP contribution < -0.4 is 10.4 Å². The van der Waals surface area contributed by atoms with Gasteiger partial charge >= 0.3 is 0 Å². The third-order valence-electron chi connectivity index (χ3n) is 15.6. The van der Waals surface area contributed by atoms with Crippen molar-refractivity contribution >= 4 is 50.8 Å². The van der Waals surface area contributed by atoms with Gasteiger partial charge in [0.05, 0.1) is 0 Å². The van der Waals surface area contributed by atoms with Crippen molar-refractivity contribution in [2.24, 2.45) is 0 Å². The Hall–Kier alpha value is -6.80. The molecule has 10 aromatic carbocycles. The summed E-state index contributed by atoms with van der Waals surface area (Å²) in [4.78, 5) is 0. The Morgan fingerprint density at radius 2 is 0.778 bits per heavy atom. The van der Waals surface area contributed by atoms with Crippen LogP contribution in [0.25, 0.3) is 99.1 Å². The molecule has 0 atom stereocenters. The van der Waals surface area contributed by atoms with Crippen LogP contribution in [0.4, 0.5) is 0 Å². The minimum absolute atomic E-state index is 0.110. The van der Waals surface area contributed by atoms with E-state index in [1.165, 1.54) is 132 Å². The maximum atomic E-state index is 2.65. The molecule has 13 rings (SSSR count). The molecular formula is C62H48Si. The van der Waals surface area contributed by atoms with Gasteiger partial charge in [-0.3, -0.25) is 0 Å². The molecule has 0 amide bonds. The van der Waals surface area contributed by atoms with Crippen LogP contribution in [0.15, 0.2) is 182 Å². The third kappa shape index (κ3) is 4.97.